The number of hydrogen-bond donors (Lipinski definition) is 0. The van der Waals surface area contributed by atoms with Crippen molar-refractivity contribution in [2.75, 3.05) is 0 Å². The molecule has 14 heavy (non-hydrogen) atoms. The Bertz CT molecular complexity index is 116. The van der Waals surface area contributed by atoms with Gasteiger partial charge in [0, 0.05) is 0 Å². The van der Waals surface area contributed by atoms with Gasteiger partial charge in [0.2, 0.25) is 0 Å². The number of hydrogen-bond acceptors (Lipinski definition) is 9. The van der Waals surface area contributed by atoms with Crippen molar-refractivity contribution in [2.45, 2.75) is 0 Å². The maximum atomic E-state index is 8.61. The quantitative estimate of drug-likeness (QED) is 0.309. The Balaban J connectivity index is -0.0000000270. The summed E-state index contributed by atoms with van der Waals surface area (Å²) in [5.41, 5.74) is 0. The van der Waals surface area contributed by atoms with Crippen molar-refractivity contribution >= 4 is 34.7 Å². The Morgan fingerprint density at radius 3 is 0.500 bits per heavy atom. The predicted molar refractivity (Wildman–Crippen MR) is 13.6 cm³/mol. The van der Waals surface area contributed by atoms with Crippen LogP contribution in [0.3, 0.4) is 0 Å². The van der Waals surface area contributed by atoms with Gasteiger partial charge < -0.3 is 0 Å². The topological polar surface area (TPSA) is 190 Å². The predicted octanol–water partition coefficient (Wildman–Crippen LogP) is -8.26. The average molecular weight is 472 g/mol. The molecule has 0 heterocycles. The van der Waals surface area contributed by atoms with Gasteiger partial charge in [-0.05, 0) is 0 Å². The third kappa shape index (κ3) is 347. The van der Waals surface area contributed by atoms with Crippen molar-refractivity contribution in [1.29, 1.82) is 0 Å². The SMILES string of the molecule is [Al+3].[Al+3].[O]=[Zr]([O-])[O-].[O]=[Zr]([O-])[O-].[O]=[Zr]([O-])[O-]. The number of rotatable bonds is 0. The molecule has 0 N–H and O–H groups in total. The van der Waals surface area contributed by atoms with Crippen molar-refractivity contribution in [3.05, 3.63) is 0 Å². The molecular weight excluding hydrogens is 472 g/mol. The zero-order valence-corrected chi connectivity index (χ0v) is 16.0. The third-order valence-corrected chi connectivity index (χ3v) is 0. The molecule has 0 amide bonds. The van der Waals surface area contributed by atoms with E-state index in [4.69, 9.17) is 27.5 Å². The molecular formula is Al2O9Zr3. The fourth-order valence-electron chi connectivity index (χ4n) is 0. The van der Waals surface area contributed by atoms with Crippen molar-refractivity contribution in [1.82, 2.24) is 0 Å². The first-order valence-electron chi connectivity index (χ1n) is 1.84. The van der Waals surface area contributed by atoms with Gasteiger partial charge in [-0.3, -0.25) is 0 Å². The molecule has 0 aromatic carbocycles. The van der Waals surface area contributed by atoms with E-state index in [1.165, 1.54) is 0 Å². The Morgan fingerprint density at radius 1 is 0.500 bits per heavy atom. The van der Waals surface area contributed by atoms with Gasteiger partial charge in [0.15, 0.2) is 0 Å². The fourth-order valence-corrected chi connectivity index (χ4v) is 0. The van der Waals surface area contributed by atoms with E-state index in [0.29, 0.717) is 0 Å². The Morgan fingerprint density at radius 2 is 0.500 bits per heavy atom. The molecule has 0 aliphatic rings. The van der Waals surface area contributed by atoms with Crippen LogP contribution < -0.4 is 19.1 Å². The fraction of sp³-hybridized carbons (Fsp3) is 0. The summed E-state index contributed by atoms with van der Waals surface area (Å²) in [4.78, 5) is 0. The van der Waals surface area contributed by atoms with Crippen molar-refractivity contribution in [2.24, 2.45) is 0 Å². The van der Waals surface area contributed by atoms with Crippen LogP contribution in [-0.2, 0) is 76.3 Å². The molecule has 0 rings (SSSR count). The summed E-state index contributed by atoms with van der Waals surface area (Å²) < 4.78 is 77.5. The van der Waals surface area contributed by atoms with Gasteiger partial charge in [-0.2, -0.15) is 0 Å². The summed E-state index contributed by atoms with van der Waals surface area (Å²) in [6.45, 7) is 0. The first-order chi connectivity index (χ1) is 5.20. The van der Waals surface area contributed by atoms with Crippen LogP contribution in [0.2, 0.25) is 0 Å². The molecule has 0 fully saturated rings. The summed E-state index contributed by atoms with van der Waals surface area (Å²) in [5, 5.41) is 0. The molecule has 0 aliphatic heterocycles. The van der Waals surface area contributed by atoms with Crippen molar-refractivity contribution in [3.8, 4) is 0 Å². The van der Waals surface area contributed by atoms with Gasteiger partial charge in [0.25, 0.3) is 0 Å². The van der Waals surface area contributed by atoms with Gasteiger partial charge in [-0.25, -0.2) is 0 Å². The maximum absolute atomic E-state index is 8.61. The van der Waals surface area contributed by atoms with Gasteiger partial charge in [-0.15, -0.1) is 0 Å². The molecule has 0 radical (unpaired) electrons. The molecule has 0 atom stereocenters. The average Bonchev–Trinajstić information content (AvgIpc) is 1.54. The van der Waals surface area contributed by atoms with E-state index >= 15 is 0 Å². The van der Waals surface area contributed by atoms with Crippen LogP contribution >= 0.6 is 0 Å². The van der Waals surface area contributed by atoms with Gasteiger partial charge in [0.05, 0.1) is 0 Å². The van der Waals surface area contributed by atoms with E-state index in [1.54, 1.807) is 0 Å². The van der Waals surface area contributed by atoms with E-state index in [2.05, 4.69) is 0 Å². The molecule has 0 spiro atoms. The standard InChI is InChI=1S/2Al.9O.3Zr/q2*+3;;;;6*-1;;;. The zero-order chi connectivity index (χ0) is 10.7. The normalized spacial score (nSPS) is 5.57. The van der Waals surface area contributed by atoms with Crippen LogP contribution in [0, 0.1) is 0 Å². The summed E-state index contributed by atoms with van der Waals surface area (Å²) in [7, 11) is 0. The zero-order valence-electron chi connectivity index (χ0n) is 6.33. The Hall–Kier alpha value is 2.87. The van der Waals surface area contributed by atoms with Gasteiger partial charge >= 0.3 is 130 Å². The minimum atomic E-state index is -4.29. The second kappa shape index (κ2) is 24.9. The van der Waals surface area contributed by atoms with Crippen LogP contribution in [0.15, 0.2) is 0 Å². The molecule has 0 aliphatic carbocycles. The summed E-state index contributed by atoms with van der Waals surface area (Å²) in [6.07, 6.45) is 0. The second-order valence-corrected chi connectivity index (χ2v) is 4.44. The molecule has 0 aromatic heterocycles. The van der Waals surface area contributed by atoms with Crippen molar-refractivity contribution in [3.63, 3.8) is 0 Å². The first kappa shape index (κ1) is 30.2. The van der Waals surface area contributed by atoms with Crippen LogP contribution in [0.4, 0.5) is 0 Å². The van der Waals surface area contributed by atoms with E-state index < -0.39 is 67.9 Å². The summed E-state index contributed by atoms with van der Waals surface area (Å²) in [5.74, 6) is 0. The molecule has 0 unspecified atom stereocenters. The summed E-state index contributed by atoms with van der Waals surface area (Å²) >= 11 is -12.9. The summed E-state index contributed by atoms with van der Waals surface area (Å²) in [6, 6.07) is 0. The van der Waals surface area contributed by atoms with Gasteiger partial charge in [0.1, 0.15) is 0 Å². The van der Waals surface area contributed by atoms with E-state index in [0.717, 1.165) is 0 Å². The third-order valence-electron chi connectivity index (χ3n) is 0. The molecule has 9 nitrogen and oxygen atoms in total. The first-order valence-corrected chi connectivity index (χ1v) is 10.9. The molecule has 0 saturated heterocycles. The van der Waals surface area contributed by atoms with Crippen molar-refractivity contribution < 1.29 is 95.4 Å². The Kier molecular flexibility index (Phi) is 53.7. The minimum absolute atomic E-state index is 0. The van der Waals surface area contributed by atoms with Crippen LogP contribution in [0.25, 0.3) is 0 Å². The van der Waals surface area contributed by atoms with Crippen LogP contribution in [0.5, 0.6) is 0 Å². The van der Waals surface area contributed by atoms with Crippen LogP contribution in [-0.4, -0.2) is 34.7 Å². The second-order valence-electron chi connectivity index (χ2n) is 0.750. The van der Waals surface area contributed by atoms with Crippen LogP contribution in [0.1, 0.15) is 0 Å². The van der Waals surface area contributed by atoms with Gasteiger partial charge in [-0.1, -0.05) is 0 Å². The molecule has 72 valence electrons. The molecule has 14 heteroatoms. The molecule has 0 bridgehead atoms. The molecule has 0 aromatic rings. The Labute approximate surface area is 128 Å². The van der Waals surface area contributed by atoms with E-state index in [-0.39, 0.29) is 34.7 Å². The molecule has 0 saturated carbocycles. The van der Waals surface area contributed by atoms with E-state index in [1.807, 2.05) is 0 Å². The van der Waals surface area contributed by atoms with E-state index in [9.17, 15) is 0 Å². The monoisotopic (exact) mass is 468 g/mol.